The first-order valence-electron chi connectivity index (χ1n) is 6.83. The molecule has 1 aromatic carbocycles. The molecule has 4 nitrogen and oxygen atoms in total. The van der Waals surface area contributed by atoms with Crippen LogP contribution in [-0.4, -0.2) is 35.7 Å². The number of aliphatic hydroxyl groups excluding tert-OH is 1. The van der Waals surface area contributed by atoms with Gasteiger partial charge in [-0.25, -0.2) is 9.18 Å². The van der Waals surface area contributed by atoms with Gasteiger partial charge in [0, 0.05) is 13.1 Å². The number of likely N-dealkylation sites (N-methyl/N-ethyl adjacent to an activating group) is 1. The van der Waals surface area contributed by atoms with E-state index in [4.69, 9.17) is 5.11 Å². The highest BCUT2D eigenvalue weighted by Gasteiger charge is 2.16. The molecule has 0 saturated heterocycles. The van der Waals surface area contributed by atoms with Crippen molar-refractivity contribution in [3.63, 3.8) is 0 Å². The first-order chi connectivity index (χ1) is 9.40. The summed E-state index contributed by atoms with van der Waals surface area (Å²) in [7, 11) is 0. The van der Waals surface area contributed by atoms with Crippen molar-refractivity contribution in [1.29, 1.82) is 0 Å². The first-order valence-corrected chi connectivity index (χ1v) is 6.83. The summed E-state index contributed by atoms with van der Waals surface area (Å²) in [5.74, 6) is -0.206. The number of hydrogen-bond donors (Lipinski definition) is 2. The number of benzene rings is 1. The van der Waals surface area contributed by atoms with Gasteiger partial charge in [0.05, 0.1) is 12.6 Å². The van der Waals surface area contributed by atoms with Crippen LogP contribution in [0.4, 0.5) is 9.18 Å². The molecule has 2 amide bonds. The predicted octanol–water partition coefficient (Wildman–Crippen LogP) is 2.53. The van der Waals surface area contributed by atoms with E-state index in [9.17, 15) is 9.18 Å². The van der Waals surface area contributed by atoms with Crippen molar-refractivity contribution >= 4 is 6.03 Å². The Morgan fingerprint density at radius 2 is 1.95 bits per heavy atom. The van der Waals surface area contributed by atoms with Gasteiger partial charge in [0.15, 0.2) is 0 Å². The number of amides is 2. The molecule has 0 aliphatic heterocycles. The van der Waals surface area contributed by atoms with E-state index in [-0.39, 0.29) is 24.5 Å². The average molecular weight is 282 g/mol. The first kappa shape index (κ1) is 16.4. The number of rotatable bonds is 5. The molecule has 0 spiro atoms. The van der Waals surface area contributed by atoms with E-state index in [1.807, 2.05) is 13.8 Å². The lowest BCUT2D eigenvalue weighted by molar-refractivity contribution is 0.178. The smallest absolute Gasteiger partial charge is 0.317 e. The van der Waals surface area contributed by atoms with Crippen molar-refractivity contribution in [1.82, 2.24) is 10.2 Å². The van der Waals surface area contributed by atoms with E-state index in [0.717, 1.165) is 5.56 Å². The molecule has 0 saturated carbocycles. The molecule has 0 bridgehead atoms. The maximum absolute atomic E-state index is 13.6. The van der Waals surface area contributed by atoms with Crippen LogP contribution in [0.15, 0.2) is 12.1 Å². The molecular weight excluding hydrogens is 259 g/mol. The summed E-state index contributed by atoms with van der Waals surface area (Å²) >= 11 is 0. The Kier molecular flexibility index (Phi) is 5.95. The third-order valence-corrected chi connectivity index (χ3v) is 3.34. The number of carbonyl (C=O) groups excluding carboxylic acids is 1. The predicted molar refractivity (Wildman–Crippen MR) is 77.2 cm³/mol. The normalized spacial score (nSPS) is 12.1. The fraction of sp³-hybridized carbons (Fsp3) is 0.533. The standard InChI is InChI=1S/C15H23FN2O2/c1-5-18(6-7-19)15(20)17-12(4)13-8-10(2)14(16)11(3)9-13/h8-9,12,19H,5-7H2,1-4H3,(H,17,20). The minimum atomic E-state index is -0.228. The third kappa shape index (κ3) is 3.93. The number of aliphatic hydroxyl groups is 1. The quantitative estimate of drug-likeness (QED) is 0.872. The summed E-state index contributed by atoms with van der Waals surface area (Å²) in [5.41, 5.74) is 2.02. The molecule has 2 N–H and O–H groups in total. The van der Waals surface area contributed by atoms with Gasteiger partial charge in [-0.1, -0.05) is 12.1 Å². The van der Waals surface area contributed by atoms with Gasteiger partial charge < -0.3 is 15.3 Å². The van der Waals surface area contributed by atoms with Crippen LogP contribution in [0.2, 0.25) is 0 Å². The number of halogens is 1. The molecule has 0 aliphatic rings. The van der Waals surface area contributed by atoms with Crippen LogP contribution >= 0.6 is 0 Å². The van der Waals surface area contributed by atoms with Crippen molar-refractivity contribution < 1.29 is 14.3 Å². The van der Waals surface area contributed by atoms with Gasteiger partial charge in [0.2, 0.25) is 0 Å². The average Bonchev–Trinajstić information content (AvgIpc) is 2.41. The molecule has 0 radical (unpaired) electrons. The minimum Gasteiger partial charge on any atom is -0.395 e. The van der Waals surface area contributed by atoms with Gasteiger partial charge in [-0.15, -0.1) is 0 Å². The van der Waals surface area contributed by atoms with Crippen LogP contribution in [-0.2, 0) is 0 Å². The molecule has 1 atom stereocenters. The van der Waals surface area contributed by atoms with Crippen molar-refractivity contribution in [2.75, 3.05) is 19.7 Å². The summed E-state index contributed by atoms with van der Waals surface area (Å²) in [6.07, 6.45) is 0. The van der Waals surface area contributed by atoms with E-state index < -0.39 is 0 Å². The van der Waals surface area contributed by atoms with Crippen LogP contribution in [0.5, 0.6) is 0 Å². The minimum absolute atomic E-state index is 0.0651. The van der Waals surface area contributed by atoms with E-state index in [0.29, 0.717) is 24.2 Å². The third-order valence-electron chi connectivity index (χ3n) is 3.34. The molecule has 1 rings (SSSR count). The molecule has 0 aromatic heterocycles. The van der Waals surface area contributed by atoms with Crippen molar-refractivity contribution in [3.8, 4) is 0 Å². The lowest BCUT2D eigenvalue weighted by Gasteiger charge is -2.24. The van der Waals surface area contributed by atoms with Crippen LogP contribution in [0.1, 0.15) is 36.6 Å². The van der Waals surface area contributed by atoms with Gasteiger partial charge in [-0.2, -0.15) is 0 Å². The Morgan fingerprint density at radius 3 is 2.40 bits per heavy atom. The van der Waals surface area contributed by atoms with Crippen molar-refractivity contribution in [2.24, 2.45) is 0 Å². The van der Waals surface area contributed by atoms with Crippen LogP contribution in [0.25, 0.3) is 0 Å². The van der Waals surface area contributed by atoms with E-state index >= 15 is 0 Å². The van der Waals surface area contributed by atoms with Gasteiger partial charge >= 0.3 is 6.03 Å². The van der Waals surface area contributed by atoms with Crippen LogP contribution in [0.3, 0.4) is 0 Å². The lowest BCUT2D eigenvalue weighted by Crippen LogP contribution is -2.42. The molecule has 20 heavy (non-hydrogen) atoms. The highest BCUT2D eigenvalue weighted by Crippen LogP contribution is 2.20. The second-order valence-electron chi connectivity index (χ2n) is 4.94. The largest absolute Gasteiger partial charge is 0.395 e. The fourth-order valence-corrected chi connectivity index (χ4v) is 2.11. The zero-order valence-corrected chi connectivity index (χ0v) is 12.5. The maximum atomic E-state index is 13.6. The van der Waals surface area contributed by atoms with E-state index in [1.165, 1.54) is 4.90 Å². The summed E-state index contributed by atoms with van der Waals surface area (Å²) in [5, 5.41) is 11.8. The number of urea groups is 1. The second-order valence-corrected chi connectivity index (χ2v) is 4.94. The summed E-state index contributed by atoms with van der Waals surface area (Å²) in [4.78, 5) is 13.5. The molecule has 112 valence electrons. The number of nitrogens with one attached hydrogen (secondary N) is 1. The molecule has 1 unspecified atom stereocenters. The Bertz CT molecular complexity index is 454. The zero-order chi connectivity index (χ0) is 15.3. The number of aryl methyl sites for hydroxylation is 2. The van der Waals surface area contributed by atoms with Crippen LogP contribution < -0.4 is 5.32 Å². The highest BCUT2D eigenvalue weighted by atomic mass is 19.1. The molecule has 5 heteroatoms. The molecule has 1 aromatic rings. The topological polar surface area (TPSA) is 52.6 Å². The van der Waals surface area contributed by atoms with E-state index in [2.05, 4.69) is 5.32 Å². The molecule has 0 fully saturated rings. The summed E-state index contributed by atoms with van der Waals surface area (Å²) < 4.78 is 13.6. The molecular formula is C15H23FN2O2. The Labute approximate surface area is 119 Å². The monoisotopic (exact) mass is 282 g/mol. The highest BCUT2D eigenvalue weighted by molar-refractivity contribution is 5.74. The fourth-order valence-electron chi connectivity index (χ4n) is 2.11. The van der Waals surface area contributed by atoms with Crippen molar-refractivity contribution in [2.45, 2.75) is 33.7 Å². The maximum Gasteiger partial charge on any atom is 0.317 e. The van der Waals surface area contributed by atoms with Gasteiger partial charge in [-0.3, -0.25) is 0 Å². The Balaban J connectivity index is 2.80. The number of hydrogen-bond acceptors (Lipinski definition) is 2. The number of carbonyl (C=O) groups is 1. The van der Waals surface area contributed by atoms with Gasteiger partial charge in [-0.05, 0) is 44.4 Å². The Hall–Kier alpha value is -1.62. The van der Waals surface area contributed by atoms with Crippen LogP contribution in [0, 0.1) is 19.7 Å². The summed E-state index contributed by atoms with van der Waals surface area (Å²) in [6, 6.07) is 3.05. The Morgan fingerprint density at radius 1 is 1.40 bits per heavy atom. The SMILES string of the molecule is CCN(CCO)C(=O)NC(C)c1cc(C)c(F)c(C)c1. The number of nitrogens with zero attached hydrogens (tertiary/aromatic N) is 1. The second kappa shape index (κ2) is 7.24. The molecule has 0 aliphatic carbocycles. The van der Waals surface area contributed by atoms with Gasteiger partial charge in [0.25, 0.3) is 0 Å². The van der Waals surface area contributed by atoms with E-state index in [1.54, 1.807) is 26.0 Å². The lowest BCUT2D eigenvalue weighted by atomic mass is 10.0. The van der Waals surface area contributed by atoms with Gasteiger partial charge in [0.1, 0.15) is 5.82 Å². The molecule has 0 heterocycles. The summed E-state index contributed by atoms with van der Waals surface area (Å²) in [6.45, 7) is 7.90. The zero-order valence-electron chi connectivity index (χ0n) is 12.5. The van der Waals surface area contributed by atoms with Crippen molar-refractivity contribution in [3.05, 3.63) is 34.6 Å².